The third-order valence-corrected chi connectivity index (χ3v) is 3.54. The molecule has 8 heteroatoms. The van der Waals surface area contributed by atoms with Gasteiger partial charge in [0, 0.05) is 10.0 Å². The standard InChI is InChI=1S/C16H10BrFN2O4/c17-10-3-6-13(23-8-14(21)22)12(7-10)16-19-15(20-24-16)9-1-4-11(18)5-2-9/h1-7H,8H2,(H,21,22). The van der Waals surface area contributed by atoms with Crippen LogP contribution >= 0.6 is 15.9 Å². The smallest absolute Gasteiger partial charge is 0.341 e. The van der Waals surface area contributed by atoms with Gasteiger partial charge >= 0.3 is 5.97 Å². The molecule has 0 aliphatic heterocycles. The average Bonchev–Trinajstić information content (AvgIpc) is 3.04. The minimum Gasteiger partial charge on any atom is -0.481 e. The summed E-state index contributed by atoms with van der Waals surface area (Å²) in [4.78, 5) is 14.9. The number of ether oxygens (including phenoxy) is 1. The Morgan fingerprint density at radius 1 is 1.25 bits per heavy atom. The summed E-state index contributed by atoms with van der Waals surface area (Å²) < 4.78 is 24.2. The topological polar surface area (TPSA) is 85.5 Å². The van der Waals surface area contributed by atoms with Gasteiger partial charge < -0.3 is 14.4 Å². The number of carboxylic acid groups (broad SMARTS) is 1. The van der Waals surface area contributed by atoms with Crippen molar-refractivity contribution >= 4 is 21.9 Å². The van der Waals surface area contributed by atoms with E-state index in [0.29, 0.717) is 16.9 Å². The first-order chi connectivity index (χ1) is 11.5. The fourth-order valence-electron chi connectivity index (χ4n) is 1.98. The highest BCUT2D eigenvalue weighted by Crippen LogP contribution is 2.33. The molecule has 6 nitrogen and oxygen atoms in total. The first-order valence-corrected chi connectivity index (χ1v) is 7.56. The zero-order valence-electron chi connectivity index (χ0n) is 12.1. The Bertz CT molecular complexity index is 880. The molecule has 0 bridgehead atoms. The number of carbonyl (C=O) groups is 1. The van der Waals surface area contributed by atoms with Crippen LogP contribution in [0.2, 0.25) is 0 Å². The van der Waals surface area contributed by atoms with Gasteiger partial charge in [0.1, 0.15) is 11.6 Å². The summed E-state index contributed by atoms with van der Waals surface area (Å²) in [6, 6.07) is 10.7. The molecule has 0 spiro atoms. The molecule has 0 radical (unpaired) electrons. The molecule has 0 aliphatic rings. The second kappa shape index (κ2) is 6.79. The molecule has 0 atom stereocenters. The number of hydrogen-bond donors (Lipinski definition) is 1. The van der Waals surface area contributed by atoms with Gasteiger partial charge in [-0.15, -0.1) is 0 Å². The van der Waals surface area contributed by atoms with Crippen LogP contribution in [0.25, 0.3) is 22.8 Å². The van der Waals surface area contributed by atoms with Gasteiger partial charge in [-0.2, -0.15) is 4.98 Å². The van der Waals surface area contributed by atoms with E-state index in [1.165, 1.54) is 24.3 Å². The van der Waals surface area contributed by atoms with Crippen LogP contribution in [0.1, 0.15) is 0 Å². The Balaban J connectivity index is 1.95. The highest BCUT2D eigenvalue weighted by Gasteiger charge is 2.16. The van der Waals surface area contributed by atoms with Crippen molar-refractivity contribution < 1.29 is 23.6 Å². The van der Waals surface area contributed by atoms with Crippen molar-refractivity contribution in [2.75, 3.05) is 6.61 Å². The Morgan fingerprint density at radius 3 is 2.71 bits per heavy atom. The molecule has 0 fully saturated rings. The van der Waals surface area contributed by atoms with Crippen molar-refractivity contribution in [2.45, 2.75) is 0 Å². The molecule has 1 N–H and O–H groups in total. The minimum atomic E-state index is -1.10. The van der Waals surface area contributed by atoms with Crippen LogP contribution in [-0.4, -0.2) is 27.8 Å². The number of carboxylic acids is 1. The van der Waals surface area contributed by atoms with E-state index in [2.05, 4.69) is 26.1 Å². The minimum absolute atomic E-state index is 0.163. The third kappa shape index (κ3) is 3.60. The number of aromatic nitrogens is 2. The normalized spacial score (nSPS) is 10.6. The summed E-state index contributed by atoms with van der Waals surface area (Å²) in [5, 5.41) is 12.6. The predicted octanol–water partition coefficient (Wildman–Crippen LogP) is 3.77. The van der Waals surface area contributed by atoms with Crippen LogP contribution < -0.4 is 4.74 Å². The maximum Gasteiger partial charge on any atom is 0.341 e. The van der Waals surface area contributed by atoms with Crippen molar-refractivity contribution in [1.29, 1.82) is 0 Å². The van der Waals surface area contributed by atoms with Gasteiger partial charge in [-0.3, -0.25) is 0 Å². The first kappa shape index (κ1) is 16.1. The predicted molar refractivity (Wildman–Crippen MR) is 86.0 cm³/mol. The van der Waals surface area contributed by atoms with Gasteiger partial charge in [0.25, 0.3) is 5.89 Å². The molecule has 2 aromatic carbocycles. The van der Waals surface area contributed by atoms with Gasteiger partial charge in [0.05, 0.1) is 5.56 Å². The maximum absolute atomic E-state index is 13.0. The van der Waals surface area contributed by atoms with E-state index >= 15 is 0 Å². The molecule has 0 amide bonds. The van der Waals surface area contributed by atoms with Crippen molar-refractivity contribution in [3.05, 3.63) is 52.8 Å². The lowest BCUT2D eigenvalue weighted by Crippen LogP contribution is -2.10. The molecule has 3 rings (SSSR count). The van der Waals surface area contributed by atoms with Gasteiger partial charge in [-0.1, -0.05) is 21.1 Å². The van der Waals surface area contributed by atoms with E-state index in [1.807, 2.05) is 0 Å². The average molecular weight is 393 g/mol. The quantitative estimate of drug-likeness (QED) is 0.711. The molecule has 24 heavy (non-hydrogen) atoms. The highest BCUT2D eigenvalue weighted by molar-refractivity contribution is 9.10. The number of rotatable bonds is 5. The van der Waals surface area contributed by atoms with E-state index in [9.17, 15) is 9.18 Å². The second-order valence-electron chi connectivity index (χ2n) is 4.75. The molecule has 3 aromatic rings. The molecule has 1 aromatic heterocycles. The van der Waals surface area contributed by atoms with Crippen LogP contribution in [0.5, 0.6) is 5.75 Å². The molecular weight excluding hydrogens is 383 g/mol. The fraction of sp³-hybridized carbons (Fsp3) is 0.0625. The molecule has 0 unspecified atom stereocenters. The zero-order valence-corrected chi connectivity index (χ0v) is 13.7. The lowest BCUT2D eigenvalue weighted by Gasteiger charge is -2.07. The second-order valence-corrected chi connectivity index (χ2v) is 5.67. The van der Waals surface area contributed by atoms with Crippen LogP contribution in [0, 0.1) is 5.82 Å². The summed E-state index contributed by atoms with van der Waals surface area (Å²) >= 11 is 3.33. The lowest BCUT2D eigenvalue weighted by molar-refractivity contribution is -0.139. The van der Waals surface area contributed by atoms with Crippen molar-refractivity contribution in [3.8, 4) is 28.6 Å². The maximum atomic E-state index is 13.0. The summed E-state index contributed by atoms with van der Waals surface area (Å²) in [5.74, 6) is -0.708. The number of nitrogens with zero attached hydrogens (tertiary/aromatic N) is 2. The van der Waals surface area contributed by atoms with E-state index in [0.717, 1.165) is 4.47 Å². The van der Waals surface area contributed by atoms with Gasteiger partial charge in [-0.05, 0) is 42.5 Å². The first-order valence-electron chi connectivity index (χ1n) is 6.77. The Labute approximate surface area is 144 Å². The van der Waals surface area contributed by atoms with E-state index < -0.39 is 12.6 Å². The Kier molecular flexibility index (Phi) is 4.57. The van der Waals surface area contributed by atoms with Crippen LogP contribution in [-0.2, 0) is 4.79 Å². The Hall–Kier alpha value is -2.74. The van der Waals surface area contributed by atoms with Crippen LogP contribution in [0.15, 0.2) is 51.5 Å². The molecule has 122 valence electrons. The van der Waals surface area contributed by atoms with Gasteiger partial charge in [0.2, 0.25) is 5.82 Å². The van der Waals surface area contributed by atoms with Crippen LogP contribution in [0.4, 0.5) is 4.39 Å². The van der Waals surface area contributed by atoms with Crippen molar-refractivity contribution in [3.63, 3.8) is 0 Å². The Morgan fingerprint density at radius 2 is 2.00 bits per heavy atom. The third-order valence-electron chi connectivity index (χ3n) is 3.05. The van der Waals surface area contributed by atoms with Crippen LogP contribution in [0.3, 0.4) is 0 Å². The van der Waals surface area contributed by atoms with E-state index in [-0.39, 0.29) is 17.5 Å². The number of aliphatic carboxylic acids is 1. The molecule has 0 aliphatic carbocycles. The fourth-order valence-corrected chi connectivity index (χ4v) is 2.34. The monoisotopic (exact) mass is 392 g/mol. The summed E-state index contributed by atoms with van der Waals surface area (Å²) in [5.41, 5.74) is 1.04. The van der Waals surface area contributed by atoms with Crippen molar-refractivity contribution in [1.82, 2.24) is 10.1 Å². The molecule has 0 saturated carbocycles. The largest absolute Gasteiger partial charge is 0.481 e. The van der Waals surface area contributed by atoms with Gasteiger partial charge in [-0.25, -0.2) is 9.18 Å². The SMILES string of the molecule is O=C(O)COc1ccc(Br)cc1-c1nc(-c2ccc(F)cc2)no1. The van der Waals surface area contributed by atoms with Crippen molar-refractivity contribution in [2.24, 2.45) is 0 Å². The number of benzene rings is 2. The lowest BCUT2D eigenvalue weighted by atomic mass is 10.2. The highest BCUT2D eigenvalue weighted by atomic mass is 79.9. The van der Waals surface area contributed by atoms with E-state index in [1.54, 1.807) is 18.2 Å². The molecule has 1 heterocycles. The number of halogens is 2. The summed E-state index contributed by atoms with van der Waals surface area (Å²) in [6.07, 6.45) is 0. The van der Waals surface area contributed by atoms with Gasteiger partial charge in [0.15, 0.2) is 6.61 Å². The summed E-state index contributed by atoms with van der Waals surface area (Å²) in [6.45, 7) is -0.492. The number of hydrogen-bond acceptors (Lipinski definition) is 5. The molecule has 0 saturated heterocycles. The summed E-state index contributed by atoms with van der Waals surface area (Å²) in [7, 11) is 0. The zero-order chi connectivity index (χ0) is 17.1. The van der Waals surface area contributed by atoms with E-state index in [4.69, 9.17) is 14.4 Å². The molecular formula is C16H10BrFN2O4.